The van der Waals surface area contributed by atoms with Crippen LogP contribution in [-0.4, -0.2) is 53.4 Å². The molecule has 140 valence electrons. The molecule has 0 saturated carbocycles. The minimum atomic E-state index is -0.349. The summed E-state index contributed by atoms with van der Waals surface area (Å²) in [6.07, 6.45) is 1.72. The minimum absolute atomic E-state index is 0.179. The molecule has 2 aromatic heterocycles. The number of aromatic nitrogens is 2. The van der Waals surface area contributed by atoms with Crippen LogP contribution < -0.4 is 5.32 Å². The first-order valence-corrected chi connectivity index (χ1v) is 8.65. The molecule has 1 N–H and O–H groups in total. The molecule has 0 unspecified atom stereocenters. The van der Waals surface area contributed by atoms with Crippen molar-refractivity contribution in [1.82, 2.24) is 19.6 Å². The molecule has 2 heterocycles. The van der Waals surface area contributed by atoms with Crippen LogP contribution in [0.2, 0.25) is 0 Å². The van der Waals surface area contributed by atoms with Crippen LogP contribution in [0.25, 0.3) is 5.52 Å². The Morgan fingerprint density at radius 2 is 1.89 bits per heavy atom. The number of hydrogen-bond acceptors (Lipinski definition) is 4. The highest BCUT2D eigenvalue weighted by Gasteiger charge is 2.23. The molecule has 0 fully saturated rings. The molecule has 7 nitrogen and oxygen atoms in total. The van der Waals surface area contributed by atoms with Gasteiger partial charge in [0, 0.05) is 33.4 Å². The number of ether oxygens (including phenoxy) is 1. The molecule has 3 rings (SSSR count). The number of fused-ring (bicyclic) bond motifs is 1. The normalized spacial score (nSPS) is 10.7. The molecule has 0 aliphatic carbocycles. The summed E-state index contributed by atoms with van der Waals surface area (Å²) in [6.45, 7) is 1.23. The van der Waals surface area contributed by atoms with E-state index in [1.54, 1.807) is 41.8 Å². The number of nitrogens with zero attached hydrogens (tertiary/aromatic N) is 3. The second kappa shape index (κ2) is 8.46. The monoisotopic (exact) mass is 366 g/mol. The van der Waals surface area contributed by atoms with Crippen LogP contribution in [-0.2, 0) is 11.3 Å². The summed E-state index contributed by atoms with van der Waals surface area (Å²) in [5, 5.41) is 2.74. The number of nitrogens with one attached hydrogen (secondary N) is 1. The lowest BCUT2D eigenvalue weighted by atomic mass is 10.2. The van der Waals surface area contributed by atoms with Gasteiger partial charge in [-0.25, -0.2) is 4.98 Å². The lowest BCUT2D eigenvalue weighted by Gasteiger charge is -2.16. The number of benzene rings is 1. The van der Waals surface area contributed by atoms with Crippen molar-refractivity contribution < 1.29 is 14.3 Å². The summed E-state index contributed by atoms with van der Waals surface area (Å²) in [4.78, 5) is 31.4. The van der Waals surface area contributed by atoms with Gasteiger partial charge in [0.2, 0.25) is 5.82 Å². The topological polar surface area (TPSA) is 75.9 Å². The zero-order valence-electron chi connectivity index (χ0n) is 15.4. The Bertz CT molecular complexity index is 937. The molecule has 2 amide bonds. The van der Waals surface area contributed by atoms with Gasteiger partial charge in [0.1, 0.15) is 0 Å². The van der Waals surface area contributed by atoms with Crippen molar-refractivity contribution in [2.45, 2.75) is 6.54 Å². The molecule has 0 saturated heterocycles. The molecule has 27 heavy (non-hydrogen) atoms. The van der Waals surface area contributed by atoms with Gasteiger partial charge in [-0.2, -0.15) is 0 Å². The number of methoxy groups -OCH3 is 1. The predicted molar refractivity (Wildman–Crippen MR) is 102 cm³/mol. The fraction of sp³-hybridized carbons (Fsp3) is 0.250. The molecule has 7 heteroatoms. The number of amides is 2. The molecular weight excluding hydrogens is 344 g/mol. The Morgan fingerprint density at radius 3 is 2.63 bits per heavy atom. The Kier molecular flexibility index (Phi) is 5.83. The van der Waals surface area contributed by atoms with Gasteiger partial charge in [-0.1, -0.05) is 36.4 Å². The van der Waals surface area contributed by atoms with Gasteiger partial charge in [0.25, 0.3) is 11.8 Å². The lowest BCUT2D eigenvalue weighted by molar-refractivity contribution is 0.0782. The van der Waals surface area contributed by atoms with Crippen molar-refractivity contribution in [3.63, 3.8) is 0 Å². The number of carbonyl (C=O) groups is 2. The Labute approximate surface area is 157 Å². The molecule has 0 radical (unpaired) electrons. The van der Waals surface area contributed by atoms with E-state index in [0.717, 1.165) is 5.56 Å². The molecule has 0 bridgehead atoms. The molecule has 1 aromatic carbocycles. The first-order chi connectivity index (χ1) is 13.1. The van der Waals surface area contributed by atoms with Crippen LogP contribution >= 0.6 is 0 Å². The van der Waals surface area contributed by atoms with Crippen LogP contribution in [0.5, 0.6) is 0 Å². The van der Waals surface area contributed by atoms with Crippen molar-refractivity contribution in [1.29, 1.82) is 0 Å². The van der Waals surface area contributed by atoms with Crippen LogP contribution in [0.3, 0.4) is 0 Å². The fourth-order valence-electron chi connectivity index (χ4n) is 2.81. The highest BCUT2D eigenvalue weighted by Crippen LogP contribution is 2.16. The maximum absolute atomic E-state index is 13.0. The highest BCUT2D eigenvalue weighted by atomic mass is 16.5. The quantitative estimate of drug-likeness (QED) is 0.649. The van der Waals surface area contributed by atoms with Crippen LogP contribution in [0.4, 0.5) is 0 Å². The van der Waals surface area contributed by atoms with Gasteiger partial charge < -0.3 is 15.0 Å². The maximum atomic E-state index is 13.0. The van der Waals surface area contributed by atoms with Gasteiger partial charge in [0.15, 0.2) is 5.69 Å². The summed E-state index contributed by atoms with van der Waals surface area (Å²) >= 11 is 0. The minimum Gasteiger partial charge on any atom is -0.383 e. The van der Waals surface area contributed by atoms with Crippen molar-refractivity contribution >= 4 is 17.3 Å². The van der Waals surface area contributed by atoms with Crippen molar-refractivity contribution in [3.05, 3.63) is 71.8 Å². The van der Waals surface area contributed by atoms with Gasteiger partial charge in [-0.3, -0.25) is 14.0 Å². The van der Waals surface area contributed by atoms with Gasteiger partial charge in [-0.15, -0.1) is 0 Å². The Morgan fingerprint density at radius 1 is 1.15 bits per heavy atom. The van der Waals surface area contributed by atoms with Crippen LogP contribution in [0, 0.1) is 0 Å². The summed E-state index contributed by atoms with van der Waals surface area (Å²) in [5.41, 5.74) is 1.87. The zero-order valence-corrected chi connectivity index (χ0v) is 15.4. The smallest absolute Gasteiger partial charge is 0.287 e. The van der Waals surface area contributed by atoms with E-state index in [9.17, 15) is 9.59 Å². The summed E-state index contributed by atoms with van der Waals surface area (Å²) in [7, 11) is 3.29. The summed E-state index contributed by atoms with van der Waals surface area (Å²) in [5.74, 6) is -0.408. The summed E-state index contributed by atoms with van der Waals surface area (Å²) in [6, 6.07) is 15.1. The number of hydrogen-bond donors (Lipinski definition) is 1. The zero-order chi connectivity index (χ0) is 19.2. The van der Waals surface area contributed by atoms with E-state index in [4.69, 9.17) is 4.74 Å². The first kappa shape index (κ1) is 18.6. The second-order valence-corrected chi connectivity index (χ2v) is 6.14. The molecule has 0 aliphatic rings. The maximum Gasteiger partial charge on any atom is 0.287 e. The third kappa shape index (κ3) is 4.15. The molecule has 0 atom stereocenters. The SMILES string of the molecule is COCCNC(=O)c1nc(C(=O)N(C)Cc2ccccc2)c2ccccn12. The van der Waals surface area contributed by atoms with Crippen LogP contribution in [0.15, 0.2) is 54.7 Å². The van der Waals surface area contributed by atoms with Crippen molar-refractivity contribution in [2.75, 3.05) is 27.3 Å². The number of carbonyl (C=O) groups excluding carboxylic acids is 2. The van der Waals surface area contributed by atoms with E-state index in [0.29, 0.717) is 25.2 Å². The van der Waals surface area contributed by atoms with Gasteiger partial charge in [-0.05, 0) is 17.7 Å². The Hall–Kier alpha value is -3.19. The van der Waals surface area contributed by atoms with E-state index >= 15 is 0 Å². The average Bonchev–Trinajstić information content (AvgIpc) is 3.08. The van der Waals surface area contributed by atoms with E-state index in [1.807, 2.05) is 36.4 Å². The standard InChI is InChI=1S/C20H22N4O3/c1-23(14-15-8-4-3-5-9-15)20(26)17-16-10-6-7-12-24(16)18(22-17)19(25)21-11-13-27-2/h3-10,12H,11,13-14H2,1-2H3,(H,21,25). The number of rotatable bonds is 7. The number of imidazole rings is 1. The average molecular weight is 366 g/mol. The molecular formula is C20H22N4O3. The molecule has 3 aromatic rings. The van der Waals surface area contributed by atoms with Crippen LogP contribution in [0.1, 0.15) is 26.7 Å². The number of pyridine rings is 1. The first-order valence-electron chi connectivity index (χ1n) is 8.65. The van der Waals surface area contributed by atoms with Gasteiger partial charge in [0.05, 0.1) is 12.1 Å². The Balaban J connectivity index is 1.87. The van der Waals surface area contributed by atoms with E-state index in [2.05, 4.69) is 10.3 Å². The molecule has 0 aliphatic heterocycles. The second-order valence-electron chi connectivity index (χ2n) is 6.14. The lowest BCUT2D eigenvalue weighted by Crippen LogP contribution is -2.29. The largest absolute Gasteiger partial charge is 0.383 e. The fourth-order valence-corrected chi connectivity index (χ4v) is 2.81. The van der Waals surface area contributed by atoms with E-state index < -0.39 is 0 Å². The van der Waals surface area contributed by atoms with E-state index in [-0.39, 0.29) is 23.3 Å². The molecule has 0 spiro atoms. The van der Waals surface area contributed by atoms with Crippen molar-refractivity contribution in [2.24, 2.45) is 0 Å². The third-order valence-corrected chi connectivity index (χ3v) is 4.16. The van der Waals surface area contributed by atoms with Crippen molar-refractivity contribution in [3.8, 4) is 0 Å². The highest BCUT2D eigenvalue weighted by molar-refractivity contribution is 6.02. The predicted octanol–water partition coefficient (Wildman–Crippen LogP) is 1.98. The summed E-state index contributed by atoms with van der Waals surface area (Å²) < 4.78 is 6.58. The third-order valence-electron chi connectivity index (χ3n) is 4.16. The van der Waals surface area contributed by atoms with Gasteiger partial charge >= 0.3 is 0 Å². The van der Waals surface area contributed by atoms with E-state index in [1.165, 1.54) is 0 Å².